The molecule has 0 aliphatic carbocycles. The van der Waals surface area contributed by atoms with Crippen molar-refractivity contribution in [2.45, 2.75) is 13.8 Å². The standard InChI is InChI=1S/C11H11S2.F6P/c1-8-9(2)13-11(12-8)10-6-4-3-5-7-10;1-7(2,3,4,5)6/h3-7H,1-2H3;/q+1;-1. The molecule has 0 saturated carbocycles. The van der Waals surface area contributed by atoms with Crippen LogP contribution in [0.15, 0.2) is 30.3 Å². The molecular formula is C11H11F6PS2. The summed E-state index contributed by atoms with van der Waals surface area (Å²) in [7, 11) is -10.7. The van der Waals surface area contributed by atoms with Crippen LogP contribution in [0, 0.1) is 13.8 Å². The summed E-state index contributed by atoms with van der Waals surface area (Å²) >= 11 is 3.77. The Morgan fingerprint density at radius 1 is 0.900 bits per heavy atom. The molecule has 9 heteroatoms. The van der Waals surface area contributed by atoms with E-state index in [9.17, 15) is 25.2 Å². The van der Waals surface area contributed by atoms with E-state index < -0.39 is 7.81 Å². The average molecular weight is 352 g/mol. The van der Waals surface area contributed by atoms with E-state index >= 15 is 0 Å². The maximum absolute atomic E-state index is 10.7. The summed E-state index contributed by atoms with van der Waals surface area (Å²) < 4.78 is 60.6. The van der Waals surface area contributed by atoms with Crippen molar-refractivity contribution in [3.8, 4) is 9.75 Å². The minimum absolute atomic E-state index is 1.34. The Bertz CT molecular complexity index is 557. The quantitative estimate of drug-likeness (QED) is 0.279. The van der Waals surface area contributed by atoms with Crippen LogP contribution in [0.2, 0.25) is 0 Å². The van der Waals surface area contributed by atoms with Crippen LogP contribution in [0.5, 0.6) is 0 Å². The van der Waals surface area contributed by atoms with E-state index in [2.05, 4.69) is 44.2 Å². The van der Waals surface area contributed by atoms with Gasteiger partial charge in [0.05, 0.1) is 22.7 Å². The molecule has 0 aliphatic heterocycles. The maximum atomic E-state index is 9.87. The van der Waals surface area contributed by atoms with Crippen molar-refractivity contribution in [1.29, 1.82) is 0 Å². The number of hydrogen-bond donors (Lipinski definition) is 0. The third-order valence-electron chi connectivity index (χ3n) is 2.00. The molecule has 0 atom stereocenters. The number of aryl methyl sites for hydroxylation is 2. The fraction of sp³-hybridized carbons (Fsp3) is 0.182. The zero-order valence-electron chi connectivity index (χ0n) is 10.4. The van der Waals surface area contributed by atoms with Gasteiger partial charge in [-0.25, -0.2) is 0 Å². The van der Waals surface area contributed by atoms with Crippen molar-refractivity contribution in [3.05, 3.63) is 40.1 Å². The second-order valence-electron chi connectivity index (χ2n) is 3.93. The molecule has 2 aromatic rings. The summed E-state index contributed by atoms with van der Waals surface area (Å²) in [4.78, 5) is 2.87. The molecule has 2 rings (SSSR count). The molecule has 0 unspecified atom stereocenters. The number of benzene rings is 1. The number of rotatable bonds is 1. The monoisotopic (exact) mass is 352 g/mol. The number of halogens is 6. The Labute approximate surface area is 119 Å². The molecule has 0 fully saturated rings. The van der Waals surface area contributed by atoms with Crippen molar-refractivity contribution in [1.82, 2.24) is 0 Å². The first-order valence-electron chi connectivity index (χ1n) is 5.24. The first-order valence-corrected chi connectivity index (χ1v) is 8.90. The van der Waals surface area contributed by atoms with Gasteiger partial charge in [0.1, 0.15) is 9.75 Å². The third kappa shape index (κ3) is 8.45. The summed E-state index contributed by atoms with van der Waals surface area (Å²) in [6, 6.07) is 10.6. The molecule has 114 valence electrons. The van der Waals surface area contributed by atoms with Gasteiger partial charge in [0.25, 0.3) is 4.19 Å². The summed E-state index contributed by atoms with van der Waals surface area (Å²) in [6.45, 7) is 4.37. The molecule has 0 saturated heterocycles. The van der Waals surface area contributed by atoms with Crippen molar-refractivity contribution in [3.63, 3.8) is 0 Å². The van der Waals surface area contributed by atoms with Gasteiger partial charge in [0, 0.05) is 5.56 Å². The Morgan fingerprint density at radius 2 is 1.35 bits per heavy atom. The summed E-state index contributed by atoms with van der Waals surface area (Å²) in [6.07, 6.45) is 0. The van der Waals surface area contributed by atoms with Crippen LogP contribution in [-0.4, -0.2) is 0 Å². The summed E-state index contributed by atoms with van der Waals surface area (Å²) in [5.41, 5.74) is 1.34. The first-order chi connectivity index (χ1) is 8.72. The molecule has 20 heavy (non-hydrogen) atoms. The van der Waals surface area contributed by atoms with Gasteiger partial charge in [-0.3, -0.25) is 0 Å². The zero-order valence-corrected chi connectivity index (χ0v) is 12.9. The van der Waals surface area contributed by atoms with Crippen LogP contribution < -0.4 is 0 Å². The molecule has 1 aromatic carbocycles. The molecular weight excluding hydrogens is 341 g/mol. The summed E-state index contributed by atoms with van der Waals surface area (Å²) in [5.74, 6) is 0. The molecule has 0 N–H and O–H groups in total. The van der Waals surface area contributed by atoms with E-state index in [0.29, 0.717) is 0 Å². The van der Waals surface area contributed by atoms with E-state index in [1.807, 2.05) is 22.7 Å². The van der Waals surface area contributed by atoms with Crippen molar-refractivity contribution >= 4 is 30.5 Å². The topological polar surface area (TPSA) is 0 Å². The fourth-order valence-electron chi connectivity index (χ4n) is 1.13. The van der Waals surface area contributed by atoms with Gasteiger partial charge in [-0.15, -0.1) is 0 Å². The van der Waals surface area contributed by atoms with E-state index in [-0.39, 0.29) is 0 Å². The predicted octanol–water partition coefficient (Wildman–Crippen LogP) is 7.76. The second-order valence-corrected chi connectivity index (χ2v) is 8.55. The van der Waals surface area contributed by atoms with Gasteiger partial charge in [0.15, 0.2) is 0 Å². The Balaban J connectivity index is 0.000000246. The van der Waals surface area contributed by atoms with Gasteiger partial charge in [-0.2, -0.15) is 0 Å². The zero-order chi connectivity index (χ0) is 15.7. The van der Waals surface area contributed by atoms with E-state index in [1.165, 1.54) is 19.5 Å². The summed E-state index contributed by atoms with van der Waals surface area (Å²) in [5, 5.41) is 0. The Kier molecular flexibility index (Phi) is 4.27. The van der Waals surface area contributed by atoms with E-state index in [0.717, 1.165) is 0 Å². The van der Waals surface area contributed by atoms with Gasteiger partial charge in [-0.05, 0) is 26.0 Å². The van der Waals surface area contributed by atoms with Crippen LogP contribution in [-0.2, 0) is 0 Å². The minimum atomic E-state index is -10.7. The van der Waals surface area contributed by atoms with Gasteiger partial charge in [-0.1, -0.05) is 18.2 Å². The van der Waals surface area contributed by atoms with E-state index in [4.69, 9.17) is 0 Å². The molecule has 0 radical (unpaired) electrons. The molecule has 0 spiro atoms. The van der Waals surface area contributed by atoms with Crippen LogP contribution in [0.25, 0.3) is 9.75 Å². The average Bonchev–Trinajstić information content (AvgIpc) is 2.56. The Morgan fingerprint density at radius 3 is 1.70 bits per heavy atom. The molecule has 0 bridgehead atoms. The van der Waals surface area contributed by atoms with Crippen LogP contribution in [0.3, 0.4) is 0 Å². The SMILES string of the molecule is Cc1sc(-c2ccccc2)[s+]c1C.F[P-](F)(F)(F)(F)F. The van der Waals surface area contributed by atoms with E-state index in [1.54, 1.807) is 0 Å². The van der Waals surface area contributed by atoms with Gasteiger partial charge < -0.3 is 0 Å². The third-order valence-corrected chi connectivity index (χ3v) is 4.69. The molecule has 0 aliphatic rings. The van der Waals surface area contributed by atoms with Crippen LogP contribution >= 0.6 is 30.5 Å². The van der Waals surface area contributed by atoms with Crippen molar-refractivity contribution in [2.24, 2.45) is 0 Å². The number of hydrogen-bond acceptors (Lipinski definition) is 1. The van der Waals surface area contributed by atoms with Gasteiger partial charge >= 0.3 is 33.0 Å². The first kappa shape index (κ1) is 17.3. The molecule has 1 heterocycles. The molecule has 0 nitrogen and oxygen atoms in total. The Hall–Kier alpha value is -0.720. The fourth-order valence-corrected chi connectivity index (χ4v) is 3.65. The van der Waals surface area contributed by atoms with Crippen LogP contribution in [0.1, 0.15) is 9.75 Å². The molecule has 0 amide bonds. The van der Waals surface area contributed by atoms with Crippen molar-refractivity contribution < 1.29 is 25.2 Å². The second kappa shape index (κ2) is 4.93. The normalized spacial score (nSPS) is 14.8. The van der Waals surface area contributed by atoms with Crippen LogP contribution in [0.4, 0.5) is 25.2 Å². The predicted molar refractivity (Wildman–Crippen MR) is 75.1 cm³/mol. The molecule has 1 aromatic heterocycles. The van der Waals surface area contributed by atoms with Crippen molar-refractivity contribution in [2.75, 3.05) is 0 Å². The van der Waals surface area contributed by atoms with Gasteiger partial charge in [0.2, 0.25) is 0 Å².